The molecule has 13 nitrogen and oxygen atoms in total. The highest BCUT2D eigenvalue weighted by molar-refractivity contribution is 5.96. The number of aryl methyl sites for hydroxylation is 1. The molecule has 6 rings (SSSR count). The zero-order valence-corrected chi connectivity index (χ0v) is 21.1. The molecule has 1 spiro atoms. The van der Waals surface area contributed by atoms with Crippen LogP contribution in [-0.4, -0.2) is 40.2 Å². The number of aromatic hydroxyl groups is 1. The number of phenolic OH excluding ortho intramolecular Hbond substituents is 1. The molecule has 4 aliphatic carbocycles. The molecule has 0 bridgehead atoms. The Morgan fingerprint density at radius 3 is 2.37 bits per heavy atom. The van der Waals surface area contributed by atoms with E-state index in [1.54, 1.807) is 6.07 Å². The minimum Gasteiger partial charge on any atom is -0.510 e. The quantitative estimate of drug-likeness (QED) is 0.0801. The molecule has 1 heterocycles. The van der Waals surface area contributed by atoms with E-state index in [9.17, 15) is 39.3 Å². The third kappa shape index (κ3) is 3.15. The number of nitrogens with zero attached hydrogens (tertiary/aromatic N) is 2. The molecule has 0 radical (unpaired) electrons. The van der Waals surface area contributed by atoms with Gasteiger partial charge in [0, 0.05) is 11.6 Å². The number of hydrogen-bond acceptors (Lipinski definition) is 12. The maximum Gasteiger partial charge on any atom is 0.260 e. The van der Waals surface area contributed by atoms with Gasteiger partial charge in [0.1, 0.15) is 29.2 Å². The van der Waals surface area contributed by atoms with Gasteiger partial charge in [0.15, 0.2) is 11.2 Å². The van der Waals surface area contributed by atoms with E-state index in [4.69, 9.17) is 10.00 Å². The van der Waals surface area contributed by atoms with Crippen LogP contribution in [0.2, 0.25) is 0 Å². The Morgan fingerprint density at radius 2 is 1.71 bits per heavy atom. The summed E-state index contributed by atoms with van der Waals surface area (Å²) < 4.78 is 4.88. The van der Waals surface area contributed by atoms with Crippen LogP contribution in [0.15, 0.2) is 47.3 Å². The van der Waals surface area contributed by atoms with E-state index in [1.165, 1.54) is 12.3 Å². The van der Waals surface area contributed by atoms with Crippen LogP contribution in [0.3, 0.4) is 0 Å². The zero-order valence-electron chi connectivity index (χ0n) is 21.1. The average Bonchev–Trinajstić information content (AvgIpc) is 3.43. The molecule has 0 amide bonds. The summed E-state index contributed by atoms with van der Waals surface area (Å²) in [6.45, 7) is -0.0570. The predicted octanol–water partition coefficient (Wildman–Crippen LogP) is -2.04. The number of H-pyrrole nitrogens is 1. The first-order chi connectivity index (χ1) is 19.6. The fourth-order valence-electron chi connectivity index (χ4n) is 6.03. The van der Waals surface area contributed by atoms with Crippen LogP contribution >= 0.6 is 0 Å². The molecule has 1 aromatic heterocycles. The van der Waals surface area contributed by atoms with Gasteiger partial charge in [-0.25, -0.2) is 0 Å². The molecule has 41 heavy (non-hydrogen) atoms. The Hall–Kier alpha value is -5.77. The van der Waals surface area contributed by atoms with Crippen LogP contribution in [-0.2, 0) is 11.8 Å². The number of ether oxygens (including phenoxy) is 1. The molecule has 204 valence electrons. The predicted molar refractivity (Wildman–Crippen MR) is 145 cm³/mol. The van der Waals surface area contributed by atoms with Gasteiger partial charge in [0.05, 0.1) is 51.3 Å². The van der Waals surface area contributed by atoms with Crippen molar-refractivity contribution in [3.05, 3.63) is 107 Å². The number of aliphatic hydroxyl groups is 2. The molecule has 0 aliphatic heterocycles. The van der Waals surface area contributed by atoms with Gasteiger partial charge in [-0.1, -0.05) is 6.07 Å². The summed E-state index contributed by atoms with van der Waals surface area (Å²) in [5.41, 5.74) is -3.91. The van der Waals surface area contributed by atoms with Gasteiger partial charge in [-0.2, -0.15) is 10.4 Å². The second-order valence-electron chi connectivity index (χ2n) is 9.70. The van der Waals surface area contributed by atoms with Crippen LogP contribution in [0.4, 0.5) is 0 Å². The second-order valence-corrected chi connectivity index (χ2v) is 9.70. The Labute approximate surface area is 226 Å². The largest absolute Gasteiger partial charge is 0.510 e. The van der Waals surface area contributed by atoms with Gasteiger partial charge in [-0.15, -0.1) is 0 Å². The molecule has 0 saturated heterocycles. The molecule has 0 fully saturated rings. The molecule has 13 heteroatoms. The van der Waals surface area contributed by atoms with Crippen LogP contribution in [0, 0.1) is 21.8 Å². The van der Waals surface area contributed by atoms with Gasteiger partial charge in [0.2, 0.25) is 16.3 Å². The Balaban J connectivity index is 1.69. The Morgan fingerprint density at radius 1 is 1.02 bits per heavy atom. The lowest BCUT2D eigenvalue weighted by molar-refractivity contribution is 0.362. The van der Waals surface area contributed by atoms with E-state index in [0.29, 0.717) is 10.9 Å². The topological polar surface area (TPSA) is 219 Å². The lowest BCUT2D eigenvalue weighted by Gasteiger charge is -2.27. The van der Waals surface area contributed by atoms with Crippen molar-refractivity contribution in [3.8, 4) is 17.6 Å². The number of hydrazone groups is 1. The molecule has 0 saturated carbocycles. The Kier molecular flexibility index (Phi) is 5.36. The fourth-order valence-corrected chi connectivity index (χ4v) is 6.03. The number of nitriles is 1. The Bertz CT molecular complexity index is 2420. The number of fused-ring (bicyclic) bond motifs is 4. The summed E-state index contributed by atoms with van der Waals surface area (Å²) in [6.07, 6.45) is 1.32. The number of phenols is 1. The maximum absolute atomic E-state index is 13.5. The van der Waals surface area contributed by atoms with Crippen LogP contribution in [0.5, 0.6) is 11.5 Å². The highest BCUT2D eigenvalue weighted by Gasteiger charge is 2.53. The third-order valence-electron chi connectivity index (χ3n) is 7.73. The maximum atomic E-state index is 13.5. The van der Waals surface area contributed by atoms with E-state index in [1.807, 2.05) is 6.07 Å². The summed E-state index contributed by atoms with van der Waals surface area (Å²) in [5.74, 6) is -2.60. The number of hydrogen-bond donors (Lipinski definition) is 5. The summed E-state index contributed by atoms with van der Waals surface area (Å²) in [5, 5.41) is 44.1. The van der Waals surface area contributed by atoms with Crippen molar-refractivity contribution in [1.82, 2.24) is 10.4 Å². The van der Waals surface area contributed by atoms with Gasteiger partial charge in [0.25, 0.3) is 5.56 Å². The molecular weight excluding hydrogens is 536 g/mol. The molecule has 1 unspecified atom stereocenters. The minimum absolute atomic E-state index is 0.0570. The number of methoxy groups -OCH3 is 1. The summed E-state index contributed by atoms with van der Waals surface area (Å²) >= 11 is 0. The summed E-state index contributed by atoms with van der Waals surface area (Å²) in [4.78, 5) is 68.2. The number of rotatable bonds is 4. The molecule has 4 aliphatic rings. The average molecular weight is 554 g/mol. The minimum atomic E-state index is -1.98. The van der Waals surface area contributed by atoms with E-state index < -0.39 is 76.6 Å². The van der Waals surface area contributed by atoms with Gasteiger partial charge >= 0.3 is 0 Å². The zero-order chi connectivity index (χ0) is 29.4. The number of pyridine rings is 1. The highest BCUT2D eigenvalue weighted by Crippen LogP contribution is 2.54. The normalized spacial score (nSPS) is 17.5. The van der Waals surface area contributed by atoms with E-state index in [-0.39, 0.29) is 36.0 Å². The highest BCUT2D eigenvalue weighted by atomic mass is 16.5. The summed E-state index contributed by atoms with van der Waals surface area (Å²) in [7, 11) is 1.11. The van der Waals surface area contributed by atoms with Crippen LogP contribution < -0.4 is 47.9 Å². The second kappa shape index (κ2) is 8.62. The van der Waals surface area contributed by atoms with Crippen LogP contribution in [0.25, 0.3) is 22.3 Å². The fraction of sp³-hybridized carbons (Fsp3) is 0.179. The molecular formula is C28H18N4O9. The van der Waals surface area contributed by atoms with Crippen molar-refractivity contribution in [3.63, 3.8) is 0 Å². The van der Waals surface area contributed by atoms with Crippen molar-refractivity contribution in [2.75, 3.05) is 13.7 Å². The van der Waals surface area contributed by atoms with Crippen molar-refractivity contribution in [2.24, 2.45) is 5.10 Å². The van der Waals surface area contributed by atoms with Gasteiger partial charge in [-0.05, 0) is 29.9 Å². The first kappa shape index (κ1) is 25.5. The van der Waals surface area contributed by atoms with Gasteiger partial charge < -0.3 is 25.0 Å². The van der Waals surface area contributed by atoms with Crippen molar-refractivity contribution in [2.45, 2.75) is 18.3 Å². The SMILES string of the molecule is COc1cc(=O)c2c(=O)c3c(c(=O)c=2c1=O)=C(O)C1(CCc2cc4cc(/C=N/NCC#N)[nH]c(=O)c4c(O)c21)C=3O. The van der Waals surface area contributed by atoms with Gasteiger partial charge in [-0.3, -0.25) is 29.4 Å². The van der Waals surface area contributed by atoms with Crippen molar-refractivity contribution >= 4 is 28.5 Å². The van der Waals surface area contributed by atoms with E-state index in [2.05, 4.69) is 15.5 Å². The summed E-state index contributed by atoms with van der Waals surface area (Å²) in [6, 6.07) is 5.71. The number of aliphatic hydroxyl groups excluding tert-OH is 2. The van der Waals surface area contributed by atoms with Crippen molar-refractivity contribution in [1.29, 1.82) is 5.26 Å². The van der Waals surface area contributed by atoms with Crippen molar-refractivity contribution < 1.29 is 20.1 Å². The van der Waals surface area contributed by atoms with Crippen LogP contribution in [0.1, 0.15) is 23.2 Å². The van der Waals surface area contributed by atoms with E-state index >= 15 is 0 Å². The number of aromatic nitrogens is 1. The monoisotopic (exact) mass is 554 g/mol. The first-order valence-corrected chi connectivity index (χ1v) is 12.2. The number of benzene rings is 1. The molecule has 1 aromatic carbocycles. The standard InChI is InChI=1S/C28H18N4O9/c1-41-14-8-13(33)16-17(21(14)34)23(36)19-18(22(16)35)25(38)28(26(19)39)3-2-10-6-11-7-12(9-31-30-5-4-29)32-27(40)15(11)24(37)20(10)28/h6-9,30,37-39H,2-3,5H2,1H3,(H,32,40)/b31-9+. The molecule has 1 atom stereocenters. The smallest absolute Gasteiger partial charge is 0.260 e. The molecule has 5 N–H and O–H groups in total. The third-order valence-corrected chi connectivity index (χ3v) is 7.73. The number of aromatic amines is 1. The first-order valence-electron chi connectivity index (χ1n) is 12.2. The lowest BCUT2D eigenvalue weighted by atomic mass is 9.78. The lowest BCUT2D eigenvalue weighted by Crippen LogP contribution is -2.51. The molecule has 2 aromatic rings. The number of nitrogens with one attached hydrogen (secondary N) is 2. The van der Waals surface area contributed by atoms with E-state index in [0.717, 1.165) is 13.2 Å².